The number of hydrogen-bond donors (Lipinski definition) is 3. The molecule has 3 unspecified atom stereocenters. The lowest BCUT2D eigenvalue weighted by atomic mass is 9.78. The van der Waals surface area contributed by atoms with Crippen molar-refractivity contribution >= 4 is 40.4 Å². The van der Waals surface area contributed by atoms with Gasteiger partial charge in [-0.05, 0) is 92.9 Å². The van der Waals surface area contributed by atoms with Crippen molar-refractivity contribution in [3.05, 3.63) is 95.4 Å². The first kappa shape index (κ1) is 35.1. The predicted molar refractivity (Wildman–Crippen MR) is 194 cm³/mol. The number of carbonyl (C=O) groups excluding carboxylic acids is 1. The fourth-order valence-electron chi connectivity index (χ4n) is 7.09. The number of benzene rings is 3. The molecule has 3 aromatic carbocycles. The molecule has 0 aliphatic carbocycles. The number of nitrogens with zero attached hydrogens (tertiary/aromatic N) is 2. The molecule has 48 heavy (non-hydrogen) atoms. The molecule has 3 N–H and O–H groups in total. The van der Waals surface area contributed by atoms with Crippen LogP contribution in [0, 0.1) is 23.6 Å². The lowest BCUT2D eigenvalue weighted by Gasteiger charge is -2.30. The number of hydrogen-bond acceptors (Lipinski definition) is 6. The summed E-state index contributed by atoms with van der Waals surface area (Å²) in [6, 6.07) is 15.5. The molecular weight excluding hydrogens is 629 g/mol. The number of allylic oxidation sites excluding steroid dienone is 1. The average molecular weight is 676 g/mol. The number of fused-ring (bicyclic) bond motifs is 1. The Morgan fingerprint density at radius 1 is 1.10 bits per heavy atom. The molecular formula is C38H47ClFN5O3. The summed E-state index contributed by atoms with van der Waals surface area (Å²) < 4.78 is 25.1. The SMILES string of the molecule is C=C(Nc1ccc(OCc2cccc(F)c2)c(Cl)c1)c1cc(NC(=O)N2CC3C(C2)N(C)CCC(C)[C@@H]3CC)c(OC)cc1N/C=C/C. The Balaban J connectivity index is 1.33. The minimum absolute atomic E-state index is 0.142. The van der Waals surface area contributed by atoms with E-state index in [4.69, 9.17) is 21.1 Å². The van der Waals surface area contributed by atoms with Crippen molar-refractivity contribution in [2.75, 3.05) is 49.7 Å². The standard InChI is InChI=1S/C38H47ClFN5O3/c1-7-15-41-33-20-37(47-6)34(43-38(46)45-21-31-29(8-2)24(3)14-16-44(5)35(31)22-45)19-30(33)25(4)42-28-12-13-36(32(39)18-28)48-23-26-10-9-11-27(40)17-26/h7,9-13,15,17-20,24,29,31,35,41-42H,4,8,14,16,21-23H2,1-3,5-6H3,(H,43,46)/b15-7+/t24?,29-,31?,35?/m0/s1. The van der Waals surface area contributed by atoms with Gasteiger partial charge in [-0.25, -0.2) is 9.18 Å². The van der Waals surface area contributed by atoms with E-state index in [1.165, 1.54) is 18.6 Å². The van der Waals surface area contributed by atoms with Crippen molar-refractivity contribution in [1.82, 2.24) is 9.80 Å². The number of carbonyl (C=O) groups is 1. The Bertz CT molecular complexity index is 1650. The summed E-state index contributed by atoms with van der Waals surface area (Å²) in [4.78, 5) is 18.2. The fraction of sp³-hybridized carbons (Fsp3) is 0.395. The first-order valence-electron chi connectivity index (χ1n) is 16.6. The summed E-state index contributed by atoms with van der Waals surface area (Å²) in [5.41, 5.74) is 4.00. The Labute approximate surface area is 288 Å². The number of nitrogens with one attached hydrogen (secondary N) is 3. The van der Waals surface area contributed by atoms with E-state index in [0.29, 0.717) is 69.5 Å². The van der Waals surface area contributed by atoms with E-state index < -0.39 is 0 Å². The van der Waals surface area contributed by atoms with E-state index in [2.05, 4.69) is 48.3 Å². The topological polar surface area (TPSA) is 78.1 Å². The summed E-state index contributed by atoms with van der Waals surface area (Å²) >= 11 is 6.57. The number of methoxy groups -OCH3 is 1. The third kappa shape index (κ3) is 8.08. The van der Waals surface area contributed by atoms with E-state index in [1.54, 1.807) is 31.4 Å². The summed E-state index contributed by atoms with van der Waals surface area (Å²) in [6.45, 7) is 13.5. The van der Waals surface area contributed by atoms with E-state index in [1.807, 2.05) is 42.3 Å². The molecule has 8 nitrogen and oxygen atoms in total. The second kappa shape index (κ2) is 15.8. The number of urea groups is 1. The first-order valence-corrected chi connectivity index (χ1v) is 17.0. The van der Waals surface area contributed by atoms with E-state index in [-0.39, 0.29) is 18.5 Å². The van der Waals surface area contributed by atoms with Gasteiger partial charge in [0.2, 0.25) is 0 Å². The Morgan fingerprint density at radius 2 is 1.92 bits per heavy atom. The van der Waals surface area contributed by atoms with Gasteiger partial charge in [0.1, 0.15) is 23.9 Å². The zero-order valence-electron chi connectivity index (χ0n) is 28.5. The number of anilines is 3. The number of likely N-dealkylation sites (tertiary alicyclic amines) is 2. The Kier molecular flexibility index (Phi) is 11.5. The van der Waals surface area contributed by atoms with Crippen LogP contribution in [0.5, 0.6) is 11.5 Å². The molecule has 5 rings (SSSR count). The van der Waals surface area contributed by atoms with Crippen LogP contribution in [0.1, 0.15) is 44.7 Å². The van der Waals surface area contributed by atoms with E-state index >= 15 is 0 Å². The monoisotopic (exact) mass is 675 g/mol. The zero-order chi connectivity index (χ0) is 34.4. The maximum absolute atomic E-state index is 13.8. The van der Waals surface area contributed by atoms with Gasteiger partial charge in [0, 0.05) is 42.1 Å². The van der Waals surface area contributed by atoms with Crippen molar-refractivity contribution < 1.29 is 18.7 Å². The average Bonchev–Trinajstić information content (AvgIpc) is 3.47. The molecule has 0 saturated carbocycles. The minimum Gasteiger partial charge on any atom is -0.494 e. The fourth-order valence-corrected chi connectivity index (χ4v) is 7.32. The molecule has 2 heterocycles. The summed E-state index contributed by atoms with van der Waals surface area (Å²) in [5.74, 6) is 2.36. The van der Waals surface area contributed by atoms with Crippen molar-refractivity contribution in [3.8, 4) is 11.5 Å². The lowest BCUT2D eigenvalue weighted by Crippen LogP contribution is -2.39. The van der Waals surface area contributed by atoms with Crippen LogP contribution in [-0.2, 0) is 6.61 Å². The highest BCUT2D eigenvalue weighted by Gasteiger charge is 2.44. The molecule has 0 radical (unpaired) electrons. The summed E-state index contributed by atoms with van der Waals surface area (Å²) in [7, 11) is 3.78. The van der Waals surface area contributed by atoms with E-state index in [0.717, 1.165) is 30.8 Å². The molecule has 0 bridgehead atoms. The van der Waals surface area contributed by atoms with Crippen molar-refractivity contribution in [1.29, 1.82) is 0 Å². The smallest absolute Gasteiger partial charge is 0.322 e. The molecule has 0 spiro atoms. The number of amides is 2. The van der Waals surface area contributed by atoms with Gasteiger partial charge in [0.15, 0.2) is 0 Å². The van der Waals surface area contributed by atoms with Crippen LogP contribution >= 0.6 is 11.6 Å². The first-order chi connectivity index (χ1) is 23.1. The van der Waals surface area contributed by atoms with Crippen LogP contribution < -0.4 is 25.4 Å². The largest absolute Gasteiger partial charge is 0.494 e. The van der Waals surface area contributed by atoms with Gasteiger partial charge in [0.05, 0.1) is 23.5 Å². The third-order valence-corrected chi connectivity index (χ3v) is 9.99. The Morgan fingerprint density at radius 3 is 2.62 bits per heavy atom. The molecule has 2 amide bonds. The van der Waals surface area contributed by atoms with Crippen LogP contribution in [0.3, 0.4) is 0 Å². The predicted octanol–water partition coefficient (Wildman–Crippen LogP) is 8.93. The van der Waals surface area contributed by atoms with Gasteiger partial charge in [-0.2, -0.15) is 0 Å². The normalized spacial score (nSPS) is 21.0. The van der Waals surface area contributed by atoms with Crippen LogP contribution in [0.15, 0.2) is 73.5 Å². The molecule has 2 saturated heterocycles. The molecule has 2 fully saturated rings. The van der Waals surface area contributed by atoms with E-state index in [9.17, 15) is 9.18 Å². The van der Waals surface area contributed by atoms with Gasteiger partial charge in [-0.15, -0.1) is 0 Å². The van der Waals surface area contributed by atoms with Crippen LogP contribution in [0.4, 0.5) is 26.2 Å². The molecule has 3 aromatic rings. The molecule has 256 valence electrons. The highest BCUT2D eigenvalue weighted by molar-refractivity contribution is 6.32. The Hall–Kier alpha value is -4.21. The van der Waals surface area contributed by atoms with Crippen molar-refractivity contribution in [2.45, 2.75) is 46.3 Å². The van der Waals surface area contributed by atoms with Crippen LogP contribution in [0.2, 0.25) is 5.02 Å². The van der Waals surface area contributed by atoms with Gasteiger partial charge >= 0.3 is 6.03 Å². The zero-order valence-corrected chi connectivity index (χ0v) is 29.2. The van der Waals surface area contributed by atoms with Gasteiger partial charge in [-0.3, -0.25) is 0 Å². The second-order valence-corrected chi connectivity index (χ2v) is 13.2. The second-order valence-electron chi connectivity index (χ2n) is 12.8. The number of rotatable bonds is 11. The molecule has 4 atom stereocenters. The maximum atomic E-state index is 13.8. The molecule has 10 heteroatoms. The van der Waals surface area contributed by atoms with Gasteiger partial charge in [-0.1, -0.05) is 56.7 Å². The highest BCUT2D eigenvalue weighted by atomic mass is 35.5. The van der Waals surface area contributed by atoms with Crippen molar-refractivity contribution in [3.63, 3.8) is 0 Å². The summed E-state index contributed by atoms with van der Waals surface area (Å²) in [5, 5.41) is 10.2. The van der Waals surface area contributed by atoms with Crippen LogP contribution in [0.25, 0.3) is 5.70 Å². The summed E-state index contributed by atoms with van der Waals surface area (Å²) in [6.07, 6.45) is 6.03. The number of ether oxygens (including phenoxy) is 2. The highest BCUT2D eigenvalue weighted by Crippen LogP contribution is 2.40. The molecule has 0 aromatic heterocycles. The lowest BCUT2D eigenvalue weighted by molar-refractivity contribution is 0.189. The van der Waals surface area contributed by atoms with Gasteiger partial charge in [0.25, 0.3) is 0 Å². The molecule has 2 aliphatic heterocycles. The quantitative estimate of drug-likeness (QED) is 0.188. The van der Waals surface area contributed by atoms with Crippen molar-refractivity contribution in [2.24, 2.45) is 17.8 Å². The van der Waals surface area contributed by atoms with Crippen LogP contribution in [-0.4, -0.2) is 55.7 Å². The molecule has 2 aliphatic rings. The third-order valence-electron chi connectivity index (χ3n) is 9.70. The number of likely N-dealkylation sites (N-methyl/N-ethyl adjacent to an activating group) is 1. The van der Waals surface area contributed by atoms with Gasteiger partial charge < -0.3 is 35.2 Å². The minimum atomic E-state index is -0.318. The number of halogens is 2. The maximum Gasteiger partial charge on any atom is 0.322 e.